The number of fused-ring (bicyclic) bond motifs is 1. The van der Waals surface area contributed by atoms with E-state index in [4.69, 9.17) is 9.47 Å². The van der Waals surface area contributed by atoms with Crippen LogP contribution in [0.4, 0.5) is 8.78 Å². The van der Waals surface area contributed by atoms with Crippen LogP contribution in [0.3, 0.4) is 0 Å². The predicted octanol–water partition coefficient (Wildman–Crippen LogP) is 4.41. The van der Waals surface area contributed by atoms with Crippen LogP contribution >= 0.6 is 0 Å². The Morgan fingerprint density at radius 2 is 1.91 bits per heavy atom. The van der Waals surface area contributed by atoms with Gasteiger partial charge in [-0.3, -0.25) is 4.79 Å². The number of carbonyl (C=O) groups excluding carboxylic acids is 1. The van der Waals surface area contributed by atoms with Gasteiger partial charge in [-0.25, -0.2) is 4.98 Å². The largest absolute Gasteiger partial charge is 0.586 e. The second-order valence-corrected chi connectivity index (χ2v) is 7.26. The molecule has 0 saturated carbocycles. The molecule has 0 N–H and O–H groups in total. The van der Waals surface area contributed by atoms with Crippen molar-refractivity contribution in [3.05, 3.63) is 71.8 Å². The minimum Gasteiger partial charge on any atom is -0.489 e. The van der Waals surface area contributed by atoms with Gasteiger partial charge in [0.2, 0.25) is 0 Å². The second-order valence-electron chi connectivity index (χ2n) is 7.26. The number of aryl methyl sites for hydroxylation is 1. The number of hydrogen-bond donors (Lipinski definition) is 0. The van der Waals surface area contributed by atoms with Gasteiger partial charge in [0.25, 0.3) is 0 Å². The molecule has 0 unspecified atom stereocenters. The predicted molar refractivity (Wildman–Crippen MR) is 110 cm³/mol. The van der Waals surface area contributed by atoms with Crippen molar-refractivity contribution in [1.82, 2.24) is 9.55 Å². The highest BCUT2D eigenvalue weighted by Crippen LogP contribution is 2.41. The fourth-order valence-electron chi connectivity index (χ4n) is 3.50. The Morgan fingerprint density at radius 3 is 2.59 bits per heavy atom. The normalized spacial score (nSPS) is 14.8. The standard InChI is InChI=1S/C23H22F2N2O5/c1-3-29-21(28)13-18(22-26-10-11-27(22)2)16-5-7-17(8-6-16)30-14-15-4-9-19-20(12-15)32-23(24,25)31-19/h4-12,18H,3,13-14H2,1-2H3/t18-/m0/s1. The molecule has 3 aromatic rings. The summed E-state index contributed by atoms with van der Waals surface area (Å²) in [4.78, 5) is 16.5. The zero-order valence-electron chi connectivity index (χ0n) is 17.6. The molecule has 7 nitrogen and oxygen atoms in total. The van der Waals surface area contributed by atoms with Gasteiger partial charge < -0.3 is 23.5 Å². The van der Waals surface area contributed by atoms with Crippen LogP contribution < -0.4 is 14.2 Å². The number of benzene rings is 2. The maximum absolute atomic E-state index is 13.2. The molecule has 9 heteroatoms. The molecule has 2 aromatic carbocycles. The Bertz CT molecular complexity index is 1100. The van der Waals surface area contributed by atoms with E-state index in [0.29, 0.717) is 17.9 Å². The lowest BCUT2D eigenvalue weighted by Crippen LogP contribution is -2.25. The van der Waals surface area contributed by atoms with Crippen LogP contribution in [-0.2, 0) is 23.2 Å². The first-order valence-corrected chi connectivity index (χ1v) is 10.1. The van der Waals surface area contributed by atoms with Crippen LogP contribution in [-0.4, -0.2) is 28.4 Å². The Morgan fingerprint density at radius 1 is 1.16 bits per heavy atom. The van der Waals surface area contributed by atoms with Gasteiger partial charge in [0, 0.05) is 19.4 Å². The van der Waals surface area contributed by atoms with Gasteiger partial charge in [0.05, 0.1) is 18.9 Å². The molecule has 1 aromatic heterocycles. The van der Waals surface area contributed by atoms with Crippen molar-refractivity contribution < 1.29 is 32.5 Å². The fourth-order valence-corrected chi connectivity index (χ4v) is 3.50. The number of rotatable bonds is 8. The van der Waals surface area contributed by atoms with Gasteiger partial charge in [-0.15, -0.1) is 8.78 Å². The van der Waals surface area contributed by atoms with Crippen molar-refractivity contribution in [3.63, 3.8) is 0 Å². The molecular weight excluding hydrogens is 422 g/mol. The third kappa shape index (κ3) is 4.82. The number of esters is 1. The number of ether oxygens (including phenoxy) is 4. The van der Waals surface area contributed by atoms with E-state index in [1.54, 1.807) is 31.3 Å². The van der Waals surface area contributed by atoms with E-state index in [9.17, 15) is 13.6 Å². The molecule has 2 heterocycles. The molecule has 0 amide bonds. The van der Waals surface area contributed by atoms with Crippen LogP contribution in [0.15, 0.2) is 54.9 Å². The molecule has 1 aliphatic rings. The van der Waals surface area contributed by atoms with Gasteiger partial charge in [0.1, 0.15) is 18.2 Å². The van der Waals surface area contributed by atoms with E-state index < -0.39 is 6.29 Å². The van der Waals surface area contributed by atoms with Gasteiger partial charge in [-0.1, -0.05) is 18.2 Å². The molecule has 1 atom stereocenters. The minimum atomic E-state index is -3.65. The first kappa shape index (κ1) is 21.6. The zero-order chi connectivity index (χ0) is 22.7. The Balaban J connectivity index is 1.45. The number of aromatic nitrogens is 2. The maximum atomic E-state index is 13.2. The molecule has 0 bridgehead atoms. The number of imidazole rings is 1. The SMILES string of the molecule is CCOC(=O)C[C@@H](c1ccc(OCc2ccc3c(c2)OC(F)(F)O3)cc1)c1nccn1C. The summed E-state index contributed by atoms with van der Waals surface area (Å²) >= 11 is 0. The van der Waals surface area contributed by atoms with Gasteiger partial charge in [-0.05, 0) is 42.3 Å². The summed E-state index contributed by atoms with van der Waals surface area (Å²) in [6.07, 6.45) is 0.0318. The average Bonchev–Trinajstić information content (AvgIpc) is 3.31. The molecule has 0 aliphatic carbocycles. The molecule has 0 spiro atoms. The minimum absolute atomic E-state index is 0.00923. The summed E-state index contributed by atoms with van der Waals surface area (Å²) in [6, 6.07) is 11.8. The van der Waals surface area contributed by atoms with E-state index in [0.717, 1.165) is 11.4 Å². The highest BCUT2D eigenvalue weighted by molar-refractivity contribution is 5.71. The average molecular weight is 444 g/mol. The Hall–Kier alpha value is -3.62. The van der Waals surface area contributed by atoms with Crippen molar-refractivity contribution in [2.75, 3.05) is 6.61 Å². The molecule has 0 fully saturated rings. The molecule has 4 rings (SSSR count). The highest BCUT2D eigenvalue weighted by Gasteiger charge is 2.43. The topological polar surface area (TPSA) is 71.8 Å². The lowest BCUT2D eigenvalue weighted by molar-refractivity contribution is -0.286. The molecule has 0 radical (unpaired) electrons. The fraction of sp³-hybridized carbons (Fsp3) is 0.304. The van der Waals surface area contributed by atoms with E-state index >= 15 is 0 Å². The van der Waals surface area contributed by atoms with Crippen molar-refractivity contribution in [2.24, 2.45) is 7.05 Å². The summed E-state index contributed by atoms with van der Waals surface area (Å²) in [7, 11) is 1.87. The lowest BCUT2D eigenvalue weighted by Gasteiger charge is -2.17. The second kappa shape index (κ2) is 8.86. The molecule has 0 saturated heterocycles. The third-order valence-corrected chi connectivity index (χ3v) is 5.00. The number of carbonyl (C=O) groups is 1. The maximum Gasteiger partial charge on any atom is 0.586 e. The number of nitrogens with zero attached hydrogens (tertiary/aromatic N) is 2. The van der Waals surface area contributed by atoms with Crippen molar-refractivity contribution in [2.45, 2.75) is 32.2 Å². The lowest BCUT2D eigenvalue weighted by atomic mass is 9.94. The van der Waals surface area contributed by atoms with E-state index in [1.807, 2.05) is 29.9 Å². The van der Waals surface area contributed by atoms with E-state index in [1.165, 1.54) is 12.1 Å². The van der Waals surface area contributed by atoms with Crippen LogP contribution in [0.1, 0.15) is 36.2 Å². The van der Waals surface area contributed by atoms with Gasteiger partial charge in [-0.2, -0.15) is 0 Å². The first-order chi connectivity index (χ1) is 15.3. The number of halogens is 2. The zero-order valence-corrected chi connectivity index (χ0v) is 17.6. The van der Waals surface area contributed by atoms with E-state index in [-0.39, 0.29) is 36.4 Å². The summed E-state index contributed by atoms with van der Waals surface area (Å²) in [6.45, 7) is 2.25. The van der Waals surface area contributed by atoms with Gasteiger partial charge >= 0.3 is 12.3 Å². The van der Waals surface area contributed by atoms with Crippen LogP contribution in [0.5, 0.6) is 17.2 Å². The third-order valence-electron chi connectivity index (χ3n) is 5.00. The highest BCUT2D eigenvalue weighted by atomic mass is 19.3. The van der Waals surface area contributed by atoms with Crippen LogP contribution in [0, 0.1) is 0 Å². The summed E-state index contributed by atoms with van der Waals surface area (Å²) in [5.41, 5.74) is 1.55. The molecule has 32 heavy (non-hydrogen) atoms. The Kier molecular flexibility index (Phi) is 5.98. The smallest absolute Gasteiger partial charge is 0.489 e. The Labute approximate surface area is 183 Å². The molecule has 168 valence electrons. The quantitative estimate of drug-likeness (QED) is 0.480. The van der Waals surface area contributed by atoms with Gasteiger partial charge in [0.15, 0.2) is 11.5 Å². The number of hydrogen-bond acceptors (Lipinski definition) is 6. The number of alkyl halides is 2. The van der Waals surface area contributed by atoms with Crippen LogP contribution in [0.2, 0.25) is 0 Å². The van der Waals surface area contributed by atoms with Crippen molar-refractivity contribution in [3.8, 4) is 17.2 Å². The molecular formula is C23H22F2N2O5. The molecule has 1 aliphatic heterocycles. The summed E-state index contributed by atoms with van der Waals surface area (Å²) in [5, 5.41) is 0. The monoisotopic (exact) mass is 444 g/mol. The summed E-state index contributed by atoms with van der Waals surface area (Å²) < 4.78 is 48.0. The van der Waals surface area contributed by atoms with Crippen molar-refractivity contribution in [1.29, 1.82) is 0 Å². The van der Waals surface area contributed by atoms with E-state index in [2.05, 4.69) is 14.5 Å². The first-order valence-electron chi connectivity index (χ1n) is 10.1. The summed E-state index contributed by atoms with van der Waals surface area (Å²) in [5.74, 6) is 0.747. The van der Waals surface area contributed by atoms with Crippen LogP contribution in [0.25, 0.3) is 0 Å². The van der Waals surface area contributed by atoms with Crippen molar-refractivity contribution >= 4 is 5.97 Å².